The molecular formula is C10H12N4OS. The maximum absolute atomic E-state index is 11.8. The molecule has 0 radical (unpaired) electrons. The maximum atomic E-state index is 11.8. The van der Waals surface area contributed by atoms with Gasteiger partial charge in [0.05, 0.1) is 16.8 Å². The first-order valence-electron chi connectivity index (χ1n) is 5.09. The summed E-state index contributed by atoms with van der Waals surface area (Å²) in [5, 5.41) is 4.08. The van der Waals surface area contributed by atoms with Crippen LogP contribution in [0.3, 0.4) is 0 Å². The molecule has 0 saturated carbocycles. The summed E-state index contributed by atoms with van der Waals surface area (Å²) in [5.74, 6) is 0.771. The van der Waals surface area contributed by atoms with Gasteiger partial charge in [0.15, 0.2) is 5.78 Å². The molecule has 0 aromatic carbocycles. The fraction of sp³-hybridized carbons (Fsp3) is 0.400. The first-order chi connectivity index (χ1) is 7.81. The SMILES string of the molecule is CCCn1ncnc1CC(=O)c1cncs1. The van der Waals surface area contributed by atoms with Crippen molar-refractivity contribution in [1.82, 2.24) is 19.7 Å². The molecule has 2 heterocycles. The summed E-state index contributed by atoms with van der Waals surface area (Å²) in [6.07, 6.45) is 4.35. The lowest BCUT2D eigenvalue weighted by atomic mass is 10.2. The van der Waals surface area contributed by atoms with Crippen molar-refractivity contribution >= 4 is 17.1 Å². The monoisotopic (exact) mass is 236 g/mol. The number of hydrogen-bond acceptors (Lipinski definition) is 5. The fourth-order valence-corrected chi connectivity index (χ4v) is 1.97. The minimum Gasteiger partial charge on any atom is -0.293 e. The van der Waals surface area contributed by atoms with Gasteiger partial charge in [-0.05, 0) is 6.42 Å². The van der Waals surface area contributed by atoms with Gasteiger partial charge in [0.1, 0.15) is 12.2 Å². The van der Waals surface area contributed by atoms with E-state index in [4.69, 9.17) is 0 Å². The largest absolute Gasteiger partial charge is 0.293 e. The first kappa shape index (κ1) is 10.9. The van der Waals surface area contributed by atoms with Crippen molar-refractivity contribution in [1.29, 1.82) is 0 Å². The molecule has 0 unspecified atom stereocenters. The molecule has 16 heavy (non-hydrogen) atoms. The third-order valence-electron chi connectivity index (χ3n) is 2.16. The summed E-state index contributed by atoms with van der Waals surface area (Å²) < 4.78 is 1.78. The van der Waals surface area contributed by atoms with Crippen LogP contribution in [0.25, 0.3) is 0 Å². The normalized spacial score (nSPS) is 10.6. The molecule has 0 atom stereocenters. The van der Waals surface area contributed by atoms with Crippen molar-refractivity contribution in [3.8, 4) is 0 Å². The number of ketones is 1. The van der Waals surface area contributed by atoms with E-state index >= 15 is 0 Å². The Kier molecular flexibility index (Phi) is 3.40. The second-order valence-corrected chi connectivity index (χ2v) is 4.25. The summed E-state index contributed by atoms with van der Waals surface area (Å²) in [7, 11) is 0. The van der Waals surface area contributed by atoms with Gasteiger partial charge in [0, 0.05) is 12.7 Å². The van der Waals surface area contributed by atoms with Crippen molar-refractivity contribution < 1.29 is 4.79 Å². The second-order valence-electron chi connectivity index (χ2n) is 3.37. The van der Waals surface area contributed by atoms with Gasteiger partial charge in [-0.1, -0.05) is 6.92 Å². The summed E-state index contributed by atoms with van der Waals surface area (Å²) >= 11 is 1.35. The number of aryl methyl sites for hydroxylation is 1. The van der Waals surface area contributed by atoms with Crippen LogP contribution >= 0.6 is 11.3 Å². The highest BCUT2D eigenvalue weighted by Gasteiger charge is 2.12. The Bertz CT molecular complexity index is 463. The van der Waals surface area contributed by atoms with Crippen LogP contribution in [-0.2, 0) is 13.0 Å². The predicted octanol–water partition coefficient (Wildman–Crippen LogP) is 1.57. The molecular weight excluding hydrogens is 224 g/mol. The van der Waals surface area contributed by atoms with Crippen molar-refractivity contribution in [2.24, 2.45) is 0 Å². The molecule has 0 aliphatic heterocycles. The van der Waals surface area contributed by atoms with Gasteiger partial charge < -0.3 is 0 Å². The molecule has 0 N–H and O–H groups in total. The van der Waals surface area contributed by atoms with E-state index in [0.717, 1.165) is 18.8 Å². The van der Waals surface area contributed by atoms with Gasteiger partial charge in [-0.25, -0.2) is 9.67 Å². The lowest BCUT2D eigenvalue weighted by Gasteiger charge is -2.02. The second kappa shape index (κ2) is 4.98. The molecule has 0 saturated heterocycles. The highest BCUT2D eigenvalue weighted by atomic mass is 32.1. The number of aromatic nitrogens is 4. The zero-order chi connectivity index (χ0) is 11.4. The number of Topliss-reactive ketones (excluding diaryl/α,β-unsaturated/α-hetero) is 1. The molecule has 2 rings (SSSR count). The number of nitrogens with zero attached hydrogens (tertiary/aromatic N) is 4. The standard InChI is InChI=1S/C10H12N4OS/c1-2-3-14-10(12-6-13-14)4-8(15)9-5-11-7-16-9/h5-7H,2-4H2,1H3. The van der Waals surface area contributed by atoms with Crippen molar-refractivity contribution in [2.45, 2.75) is 26.3 Å². The van der Waals surface area contributed by atoms with E-state index in [1.807, 2.05) is 0 Å². The molecule has 2 aromatic heterocycles. The zero-order valence-corrected chi connectivity index (χ0v) is 9.78. The van der Waals surface area contributed by atoms with Crippen molar-refractivity contribution in [3.05, 3.63) is 28.7 Å². The Morgan fingerprint density at radius 1 is 1.56 bits per heavy atom. The lowest BCUT2D eigenvalue weighted by molar-refractivity contribution is 0.0993. The summed E-state index contributed by atoms with van der Waals surface area (Å²) in [6, 6.07) is 0. The quantitative estimate of drug-likeness (QED) is 0.739. The van der Waals surface area contributed by atoms with E-state index in [0.29, 0.717) is 11.3 Å². The molecule has 0 aliphatic rings. The fourth-order valence-electron chi connectivity index (χ4n) is 1.41. The van der Waals surface area contributed by atoms with E-state index in [9.17, 15) is 4.79 Å². The average Bonchev–Trinajstić information content (AvgIpc) is 2.90. The highest BCUT2D eigenvalue weighted by molar-refractivity contribution is 7.11. The molecule has 6 heteroatoms. The van der Waals surface area contributed by atoms with E-state index < -0.39 is 0 Å². The predicted molar refractivity (Wildman–Crippen MR) is 60.5 cm³/mol. The Morgan fingerprint density at radius 2 is 2.44 bits per heavy atom. The maximum Gasteiger partial charge on any atom is 0.181 e. The molecule has 0 aliphatic carbocycles. The van der Waals surface area contributed by atoms with Gasteiger partial charge in [-0.15, -0.1) is 11.3 Å². The summed E-state index contributed by atoms with van der Waals surface area (Å²) in [6.45, 7) is 2.86. The third kappa shape index (κ3) is 2.33. The van der Waals surface area contributed by atoms with Crippen LogP contribution in [0, 0.1) is 0 Å². The number of hydrogen-bond donors (Lipinski definition) is 0. The minimum atomic E-state index is 0.0489. The van der Waals surface area contributed by atoms with Gasteiger partial charge in [0.25, 0.3) is 0 Å². The average molecular weight is 236 g/mol. The zero-order valence-electron chi connectivity index (χ0n) is 8.96. The Hall–Kier alpha value is -1.56. The van der Waals surface area contributed by atoms with Crippen LogP contribution in [0.2, 0.25) is 0 Å². The van der Waals surface area contributed by atoms with E-state index in [2.05, 4.69) is 22.0 Å². The first-order valence-corrected chi connectivity index (χ1v) is 5.97. The number of rotatable bonds is 5. The molecule has 5 nitrogen and oxygen atoms in total. The van der Waals surface area contributed by atoms with Crippen LogP contribution < -0.4 is 0 Å². The van der Waals surface area contributed by atoms with Gasteiger partial charge in [0.2, 0.25) is 0 Å². The Labute approximate surface area is 97.2 Å². The van der Waals surface area contributed by atoms with Crippen molar-refractivity contribution in [2.75, 3.05) is 0 Å². The van der Waals surface area contributed by atoms with Crippen LogP contribution in [0.5, 0.6) is 0 Å². The van der Waals surface area contributed by atoms with Crippen LogP contribution in [0.4, 0.5) is 0 Å². The van der Waals surface area contributed by atoms with Crippen LogP contribution in [-0.4, -0.2) is 25.5 Å². The highest BCUT2D eigenvalue weighted by Crippen LogP contribution is 2.09. The number of carbonyl (C=O) groups excluding carboxylic acids is 1. The minimum absolute atomic E-state index is 0.0489. The molecule has 0 bridgehead atoms. The van der Waals surface area contributed by atoms with Gasteiger partial charge in [-0.2, -0.15) is 5.10 Å². The van der Waals surface area contributed by atoms with Crippen molar-refractivity contribution in [3.63, 3.8) is 0 Å². The van der Waals surface area contributed by atoms with Gasteiger partial charge >= 0.3 is 0 Å². The molecule has 2 aromatic rings. The number of thiazole rings is 1. The smallest absolute Gasteiger partial charge is 0.181 e. The molecule has 0 amide bonds. The van der Waals surface area contributed by atoms with E-state index in [-0.39, 0.29) is 5.78 Å². The number of carbonyl (C=O) groups is 1. The Balaban J connectivity index is 2.09. The van der Waals surface area contributed by atoms with E-state index in [1.54, 1.807) is 16.4 Å². The van der Waals surface area contributed by atoms with Crippen LogP contribution in [0.1, 0.15) is 28.8 Å². The van der Waals surface area contributed by atoms with Gasteiger partial charge in [-0.3, -0.25) is 9.78 Å². The topological polar surface area (TPSA) is 60.7 Å². The molecule has 0 spiro atoms. The molecule has 84 valence electrons. The van der Waals surface area contributed by atoms with Crippen LogP contribution in [0.15, 0.2) is 18.0 Å². The van der Waals surface area contributed by atoms with E-state index in [1.165, 1.54) is 17.7 Å². The summed E-state index contributed by atoms with van der Waals surface area (Å²) in [4.78, 5) is 20.5. The third-order valence-corrected chi connectivity index (χ3v) is 2.97. The lowest BCUT2D eigenvalue weighted by Crippen LogP contribution is -2.10. The molecule has 0 fully saturated rings. The Morgan fingerprint density at radius 3 is 3.12 bits per heavy atom. The summed E-state index contributed by atoms with van der Waals surface area (Å²) in [5.41, 5.74) is 1.66.